The number of halogens is 1. The molecule has 0 unspecified atom stereocenters. The second-order valence-corrected chi connectivity index (χ2v) is 7.89. The number of nitrogens with one attached hydrogen (secondary N) is 1. The summed E-state index contributed by atoms with van der Waals surface area (Å²) in [5.74, 6) is 0.740. The van der Waals surface area contributed by atoms with Crippen molar-refractivity contribution in [3.8, 4) is 0 Å². The van der Waals surface area contributed by atoms with Gasteiger partial charge in [-0.05, 0) is 43.3 Å². The van der Waals surface area contributed by atoms with Crippen LogP contribution < -0.4 is 10.2 Å². The van der Waals surface area contributed by atoms with Gasteiger partial charge in [-0.2, -0.15) is 0 Å². The molecule has 3 heterocycles. The summed E-state index contributed by atoms with van der Waals surface area (Å²) in [6, 6.07) is 15.3. The van der Waals surface area contributed by atoms with E-state index in [0.717, 1.165) is 55.5 Å². The highest BCUT2D eigenvalue weighted by molar-refractivity contribution is 6.30. The number of benzene rings is 1. The second kappa shape index (κ2) is 9.24. The lowest BCUT2D eigenvalue weighted by molar-refractivity contribution is 0.102. The molecule has 2 aromatic heterocycles. The zero-order valence-corrected chi connectivity index (χ0v) is 17.6. The minimum atomic E-state index is -0.154. The first-order valence-electron chi connectivity index (χ1n) is 9.99. The number of carbonyl (C=O) groups is 1. The molecule has 1 aliphatic rings. The van der Waals surface area contributed by atoms with Gasteiger partial charge >= 0.3 is 0 Å². The molecule has 1 N–H and O–H groups in total. The van der Waals surface area contributed by atoms with Crippen molar-refractivity contribution in [3.05, 3.63) is 82.8 Å². The summed E-state index contributed by atoms with van der Waals surface area (Å²) in [5.41, 5.74) is 3.51. The molecule has 30 heavy (non-hydrogen) atoms. The molecule has 154 valence electrons. The largest absolute Gasteiger partial charge is 0.354 e. The molecule has 1 aromatic carbocycles. The van der Waals surface area contributed by atoms with Crippen LogP contribution in [0.2, 0.25) is 5.02 Å². The summed E-state index contributed by atoms with van der Waals surface area (Å²) in [6.07, 6.45) is 3.33. The maximum absolute atomic E-state index is 12.4. The van der Waals surface area contributed by atoms with E-state index in [9.17, 15) is 4.79 Å². The Bertz CT molecular complexity index is 982. The smallest absolute Gasteiger partial charge is 0.257 e. The van der Waals surface area contributed by atoms with Gasteiger partial charge < -0.3 is 10.2 Å². The van der Waals surface area contributed by atoms with E-state index in [4.69, 9.17) is 11.6 Å². The van der Waals surface area contributed by atoms with E-state index < -0.39 is 0 Å². The summed E-state index contributed by atoms with van der Waals surface area (Å²) in [4.78, 5) is 25.9. The van der Waals surface area contributed by atoms with Gasteiger partial charge in [0.05, 0.1) is 16.3 Å². The van der Waals surface area contributed by atoms with Crippen molar-refractivity contribution in [1.29, 1.82) is 0 Å². The zero-order valence-electron chi connectivity index (χ0n) is 16.9. The zero-order chi connectivity index (χ0) is 20.9. The Balaban J connectivity index is 1.30. The Hall–Kier alpha value is -2.96. The molecule has 0 atom stereocenters. The third-order valence-corrected chi connectivity index (χ3v) is 5.41. The lowest BCUT2D eigenvalue weighted by Crippen LogP contribution is -2.46. The molecule has 4 rings (SSSR count). The van der Waals surface area contributed by atoms with Gasteiger partial charge in [-0.1, -0.05) is 29.3 Å². The molecule has 1 fully saturated rings. The molecule has 1 aliphatic heterocycles. The standard InChI is InChI=1S/C23H24ClN5O/c1-17-2-6-20(7-3-17)27-23(30)18-4-9-22(26-14-18)29-12-10-28(11-13-29)16-21-8-5-19(24)15-25-21/h2-9,14-15H,10-13,16H2,1H3,(H,27,30). The molecule has 6 nitrogen and oxygen atoms in total. The first-order chi connectivity index (χ1) is 14.6. The Morgan fingerprint density at radius 1 is 0.967 bits per heavy atom. The van der Waals surface area contributed by atoms with Gasteiger partial charge in [-0.25, -0.2) is 4.98 Å². The highest BCUT2D eigenvalue weighted by Gasteiger charge is 2.19. The topological polar surface area (TPSA) is 61.4 Å². The second-order valence-electron chi connectivity index (χ2n) is 7.46. The number of anilines is 2. The maximum Gasteiger partial charge on any atom is 0.257 e. The van der Waals surface area contributed by atoms with Crippen molar-refractivity contribution >= 4 is 29.0 Å². The Labute approximate surface area is 181 Å². The van der Waals surface area contributed by atoms with Crippen LogP contribution in [0.4, 0.5) is 11.5 Å². The number of piperazine rings is 1. The SMILES string of the molecule is Cc1ccc(NC(=O)c2ccc(N3CCN(Cc4ccc(Cl)cn4)CC3)nc2)cc1. The molecular formula is C23H24ClN5O. The minimum Gasteiger partial charge on any atom is -0.354 e. The van der Waals surface area contributed by atoms with Crippen molar-refractivity contribution in [2.75, 3.05) is 36.4 Å². The highest BCUT2D eigenvalue weighted by atomic mass is 35.5. The van der Waals surface area contributed by atoms with E-state index in [1.165, 1.54) is 0 Å². The van der Waals surface area contributed by atoms with Crippen molar-refractivity contribution in [2.24, 2.45) is 0 Å². The van der Waals surface area contributed by atoms with Crippen LogP contribution in [-0.4, -0.2) is 47.0 Å². The van der Waals surface area contributed by atoms with Crippen LogP contribution in [0.15, 0.2) is 60.9 Å². The molecule has 0 spiro atoms. The summed E-state index contributed by atoms with van der Waals surface area (Å²) in [6.45, 7) is 6.47. The summed E-state index contributed by atoms with van der Waals surface area (Å²) in [7, 11) is 0. The normalized spacial score (nSPS) is 14.5. The third-order valence-electron chi connectivity index (χ3n) is 5.19. The predicted octanol–water partition coefficient (Wildman–Crippen LogP) is 4.01. The van der Waals surface area contributed by atoms with Gasteiger partial charge in [0.2, 0.25) is 0 Å². The fraction of sp³-hybridized carbons (Fsp3) is 0.261. The van der Waals surface area contributed by atoms with Gasteiger partial charge in [0.25, 0.3) is 5.91 Å². The molecule has 1 saturated heterocycles. The number of pyridine rings is 2. The fourth-order valence-corrected chi connectivity index (χ4v) is 3.52. The van der Waals surface area contributed by atoms with Crippen LogP contribution in [0.5, 0.6) is 0 Å². The van der Waals surface area contributed by atoms with Gasteiger partial charge in [-0.3, -0.25) is 14.7 Å². The number of carbonyl (C=O) groups excluding carboxylic acids is 1. The number of nitrogens with zero attached hydrogens (tertiary/aromatic N) is 4. The number of aryl methyl sites for hydroxylation is 1. The van der Waals surface area contributed by atoms with Crippen LogP contribution >= 0.6 is 11.6 Å². The van der Waals surface area contributed by atoms with Gasteiger partial charge in [-0.15, -0.1) is 0 Å². The minimum absolute atomic E-state index is 0.154. The van der Waals surface area contributed by atoms with Gasteiger partial charge in [0, 0.05) is 50.8 Å². The molecule has 1 amide bonds. The summed E-state index contributed by atoms with van der Waals surface area (Å²) >= 11 is 5.90. The van der Waals surface area contributed by atoms with Crippen LogP contribution in [0.3, 0.4) is 0 Å². The van der Waals surface area contributed by atoms with Crippen molar-refractivity contribution in [2.45, 2.75) is 13.5 Å². The van der Waals surface area contributed by atoms with Crippen molar-refractivity contribution in [1.82, 2.24) is 14.9 Å². The molecule has 3 aromatic rings. The molecular weight excluding hydrogens is 398 g/mol. The van der Waals surface area contributed by atoms with Crippen LogP contribution in [0, 0.1) is 6.92 Å². The Kier molecular flexibility index (Phi) is 6.26. The number of hydrogen-bond donors (Lipinski definition) is 1. The number of rotatable bonds is 5. The maximum atomic E-state index is 12.4. The van der Waals surface area contributed by atoms with E-state index in [0.29, 0.717) is 10.6 Å². The molecule has 0 radical (unpaired) electrons. The van der Waals surface area contributed by atoms with Crippen molar-refractivity contribution < 1.29 is 4.79 Å². The summed E-state index contributed by atoms with van der Waals surface area (Å²) < 4.78 is 0. The monoisotopic (exact) mass is 421 g/mol. The summed E-state index contributed by atoms with van der Waals surface area (Å²) in [5, 5.41) is 3.56. The van der Waals surface area contributed by atoms with Crippen LogP contribution in [-0.2, 0) is 6.54 Å². The fourth-order valence-electron chi connectivity index (χ4n) is 3.41. The van der Waals surface area contributed by atoms with E-state index in [1.807, 2.05) is 55.5 Å². The average molecular weight is 422 g/mol. The number of hydrogen-bond acceptors (Lipinski definition) is 5. The number of aromatic nitrogens is 2. The third kappa shape index (κ3) is 5.14. The van der Waals surface area contributed by atoms with Crippen molar-refractivity contribution in [3.63, 3.8) is 0 Å². The van der Waals surface area contributed by atoms with E-state index >= 15 is 0 Å². The Morgan fingerprint density at radius 2 is 1.73 bits per heavy atom. The average Bonchev–Trinajstić information content (AvgIpc) is 2.77. The molecule has 0 bridgehead atoms. The predicted molar refractivity (Wildman–Crippen MR) is 120 cm³/mol. The highest BCUT2D eigenvalue weighted by Crippen LogP contribution is 2.17. The van der Waals surface area contributed by atoms with E-state index in [-0.39, 0.29) is 5.91 Å². The molecule has 7 heteroatoms. The molecule has 0 saturated carbocycles. The molecule has 0 aliphatic carbocycles. The van der Waals surface area contributed by atoms with E-state index in [1.54, 1.807) is 12.4 Å². The first-order valence-corrected chi connectivity index (χ1v) is 10.4. The quantitative estimate of drug-likeness (QED) is 0.674. The Morgan fingerprint density at radius 3 is 2.37 bits per heavy atom. The lowest BCUT2D eigenvalue weighted by Gasteiger charge is -2.35. The number of amides is 1. The van der Waals surface area contributed by atoms with E-state index in [2.05, 4.69) is 25.1 Å². The van der Waals surface area contributed by atoms with Crippen LogP contribution in [0.25, 0.3) is 0 Å². The lowest BCUT2D eigenvalue weighted by atomic mass is 10.2. The van der Waals surface area contributed by atoms with Gasteiger partial charge in [0.1, 0.15) is 5.82 Å². The van der Waals surface area contributed by atoms with Gasteiger partial charge in [0.15, 0.2) is 0 Å². The van der Waals surface area contributed by atoms with Crippen LogP contribution in [0.1, 0.15) is 21.6 Å². The first kappa shape index (κ1) is 20.3.